The summed E-state index contributed by atoms with van der Waals surface area (Å²) in [6.07, 6.45) is 0.844. The Hall–Kier alpha value is -3.09. The van der Waals surface area contributed by atoms with Gasteiger partial charge >= 0.3 is 0 Å². The van der Waals surface area contributed by atoms with Crippen LogP contribution in [0.5, 0.6) is 23.0 Å². The Morgan fingerprint density at radius 1 is 0.931 bits per heavy atom. The highest BCUT2D eigenvalue weighted by Crippen LogP contribution is 2.32. The van der Waals surface area contributed by atoms with Crippen LogP contribution < -0.4 is 29.6 Å². The SMILES string of the molecule is CCOc1ccc(CCNC(=NC)NCc2ccc3c(c2)OCO3)cc1OCC. The Kier molecular flexibility index (Phi) is 7.44. The monoisotopic (exact) mass is 399 g/mol. The number of hydrogen-bond acceptors (Lipinski definition) is 5. The minimum atomic E-state index is 0.284. The van der Waals surface area contributed by atoms with Crippen LogP contribution in [0.25, 0.3) is 0 Å². The van der Waals surface area contributed by atoms with Crippen molar-refractivity contribution in [1.29, 1.82) is 0 Å². The zero-order chi connectivity index (χ0) is 20.5. The van der Waals surface area contributed by atoms with Gasteiger partial charge in [0.05, 0.1) is 13.2 Å². The molecule has 7 heteroatoms. The van der Waals surface area contributed by atoms with E-state index in [0.29, 0.717) is 19.8 Å². The predicted octanol–water partition coefficient (Wildman–Crippen LogP) is 3.12. The quantitative estimate of drug-likeness (QED) is 0.499. The lowest BCUT2D eigenvalue weighted by Gasteiger charge is -2.14. The van der Waals surface area contributed by atoms with Gasteiger partial charge in [0.15, 0.2) is 29.0 Å². The fourth-order valence-corrected chi connectivity index (χ4v) is 3.03. The molecule has 0 saturated heterocycles. The first-order valence-corrected chi connectivity index (χ1v) is 9.95. The van der Waals surface area contributed by atoms with Gasteiger partial charge in [-0.25, -0.2) is 0 Å². The number of rotatable bonds is 9. The normalized spacial score (nSPS) is 12.6. The highest BCUT2D eigenvalue weighted by Gasteiger charge is 2.13. The van der Waals surface area contributed by atoms with Crippen molar-refractivity contribution in [2.45, 2.75) is 26.8 Å². The van der Waals surface area contributed by atoms with Crippen molar-refractivity contribution < 1.29 is 18.9 Å². The minimum Gasteiger partial charge on any atom is -0.490 e. The van der Waals surface area contributed by atoms with Crippen LogP contribution in [0.3, 0.4) is 0 Å². The molecule has 0 bridgehead atoms. The molecule has 1 heterocycles. The largest absolute Gasteiger partial charge is 0.490 e. The molecule has 0 unspecified atom stereocenters. The van der Waals surface area contributed by atoms with Crippen molar-refractivity contribution in [3.63, 3.8) is 0 Å². The van der Waals surface area contributed by atoms with E-state index < -0.39 is 0 Å². The van der Waals surface area contributed by atoms with Crippen molar-refractivity contribution in [1.82, 2.24) is 10.6 Å². The number of fused-ring (bicyclic) bond motifs is 1. The number of hydrogen-bond donors (Lipinski definition) is 2. The first kappa shape index (κ1) is 20.6. The van der Waals surface area contributed by atoms with E-state index in [4.69, 9.17) is 18.9 Å². The third-order valence-electron chi connectivity index (χ3n) is 4.43. The zero-order valence-electron chi connectivity index (χ0n) is 17.3. The third kappa shape index (κ3) is 5.70. The fraction of sp³-hybridized carbons (Fsp3) is 0.409. The smallest absolute Gasteiger partial charge is 0.231 e. The van der Waals surface area contributed by atoms with Crippen LogP contribution in [0, 0.1) is 0 Å². The molecule has 0 aliphatic carbocycles. The summed E-state index contributed by atoms with van der Waals surface area (Å²) in [5.74, 6) is 3.90. The van der Waals surface area contributed by atoms with E-state index in [1.165, 1.54) is 5.56 Å². The van der Waals surface area contributed by atoms with Gasteiger partial charge in [-0.15, -0.1) is 0 Å². The number of guanidine groups is 1. The summed E-state index contributed by atoms with van der Waals surface area (Å²) >= 11 is 0. The number of nitrogens with zero attached hydrogens (tertiary/aromatic N) is 1. The first-order chi connectivity index (χ1) is 14.2. The molecule has 29 heavy (non-hydrogen) atoms. The molecule has 0 saturated carbocycles. The van der Waals surface area contributed by atoms with Gasteiger partial charge in [-0.05, 0) is 55.7 Å². The molecule has 0 atom stereocenters. The Labute approximate surface area is 172 Å². The summed E-state index contributed by atoms with van der Waals surface area (Å²) in [5.41, 5.74) is 2.28. The lowest BCUT2D eigenvalue weighted by atomic mass is 10.1. The molecule has 1 aliphatic rings. The lowest BCUT2D eigenvalue weighted by Crippen LogP contribution is -2.37. The van der Waals surface area contributed by atoms with E-state index in [0.717, 1.165) is 47.5 Å². The van der Waals surface area contributed by atoms with Crippen molar-refractivity contribution >= 4 is 5.96 Å². The van der Waals surface area contributed by atoms with Crippen LogP contribution >= 0.6 is 0 Å². The molecule has 0 radical (unpaired) electrons. The minimum absolute atomic E-state index is 0.284. The molecule has 0 spiro atoms. The van der Waals surface area contributed by atoms with E-state index in [1.54, 1.807) is 7.05 Å². The average Bonchev–Trinajstić information content (AvgIpc) is 3.20. The zero-order valence-corrected chi connectivity index (χ0v) is 17.3. The van der Waals surface area contributed by atoms with Crippen molar-refractivity contribution in [3.8, 4) is 23.0 Å². The maximum absolute atomic E-state index is 5.70. The second kappa shape index (κ2) is 10.5. The van der Waals surface area contributed by atoms with Crippen molar-refractivity contribution in [2.24, 2.45) is 4.99 Å². The maximum Gasteiger partial charge on any atom is 0.231 e. The predicted molar refractivity (Wildman–Crippen MR) is 113 cm³/mol. The van der Waals surface area contributed by atoms with Crippen LogP contribution in [0.1, 0.15) is 25.0 Å². The molecule has 7 nitrogen and oxygen atoms in total. The van der Waals surface area contributed by atoms with Gasteiger partial charge in [-0.2, -0.15) is 0 Å². The second-order valence-electron chi connectivity index (χ2n) is 6.44. The standard InChI is InChI=1S/C22H29N3O4/c1-4-26-18-8-6-16(12-20(18)27-5-2)10-11-24-22(23-3)25-14-17-7-9-19-21(13-17)29-15-28-19/h6-9,12-13H,4-5,10-11,14-15H2,1-3H3,(H2,23,24,25). The van der Waals surface area contributed by atoms with Crippen LogP contribution in [-0.2, 0) is 13.0 Å². The molecule has 0 aromatic heterocycles. The van der Waals surface area contributed by atoms with Gasteiger partial charge in [-0.3, -0.25) is 4.99 Å². The molecular formula is C22H29N3O4. The molecule has 3 rings (SSSR count). The molecule has 2 aromatic carbocycles. The maximum atomic E-state index is 5.70. The van der Waals surface area contributed by atoms with Gasteiger partial charge in [0.25, 0.3) is 0 Å². The number of nitrogens with one attached hydrogen (secondary N) is 2. The highest BCUT2D eigenvalue weighted by atomic mass is 16.7. The Morgan fingerprint density at radius 3 is 2.48 bits per heavy atom. The van der Waals surface area contributed by atoms with E-state index in [9.17, 15) is 0 Å². The summed E-state index contributed by atoms with van der Waals surface area (Å²) in [6, 6.07) is 12.0. The van der Waals surface area contributed by atoms with E-state index in [-0.39, 0.29) is 6.79 Å². The molecule has 2 aromatic rings. The number of ether oxygens (including phenoxy) is 4. The van der Waals surface area contributed by atoms with Gasteiger partial charge in [0.1, 0.15) is 0 Å². The number of aliphatic imine (C=N–C) groups is 1. The Bertz CT molecular complexity index is 839. The van der Waals surface area contributed by atoms with Crippen LogP contribution in [-0.4, -0.2) is 39.6 Å². The van der Waals surface area contributed by atoms with Crippen LogP contribution in [0.2, 0.25) is 0 Å². The second-order valence-corrected chi connectivity index (χ2v) is 6.44. The highest BCUT2D eigenvalue weighted by molar-refractivity contribution is 5.79. The van der Waals surface area contributed by atoms with Gasteiger partial charge < -0.3 is 29.6 Å². The molecule has 1 aliphatic heterocycles. The summed E-state index contributed by atoms with van der Waals surface area (Å²) < 4.78 is 22.1. The average molecular weight is 399 g/mol. The van der Waals surface area contributed by atoms with E-state index in [1.807, 2.05) is 44.2 Å². The number of benzene rings is 2. The Balaban J connectivity index is 1.49. The molecule has 2 N–H and O–H groups in total. The van der Waals surface area contributed by atoms with Gasteiger partial charge in [-0.1, -0.05) is 12.1 Å². The topological polar surface area (TPSA) is 73.3 Å². The summed E-state index contributed by atoms with van der Waals surface area (Å²) in [6.45, 7) is 6.85. The van der Waals surface area contributed by atoms with Gasteiger partial charge in [0.2, 0.25) is 6.79 Å². The first-order valence-electron chi connectivity index (χ1n) is 9.95. The summed E-state index contributed by atoms with van der Waals surface area (Å²) in [4.78, 5) is 4.29. The van der Waals surface area contributed by atoms with Crippen molar-refractivity contribution in [3.05, 3.63) is 47.5 Å². The summed E-state index contributed by atoms with van der Waals surface area (Å²) in [7, 11) is 1.76. The molecule has 0 fully saturated rings. The van der Waals surface area contributed by atoms with Crippen molar-refractivity contribution in [2.75, 3.05) is 33.6 Å². The fourth-order valence-electron chi connectivity index (χ4n) is 3.03. The molecular weight excluding hydrogens is 370 g/mol. The summed E-state index contributed by atoms with van der Waals surface area (Å²) in [5, 5.41) is 6.66. The van der Waals surface area contributed by atoms with Gasteiger partial charge in [0, 0.05) is 20.1 Å². The molecule has 0 amide bonds. The lowest BCUT2D eigenvalue weighted by molar-refractivity contribution is 0.174. The third-order valence-corrected chi connectivity index (χ3v) is 4.43. The van der Waals surface area contributed by atoms with E-state index >= 15 is 0 Å². The van der Waals surface area contributed by atoms with Crippen LogP contribution in [0.15, 0.2) is 41.4 Å². The Morgan fingerprint density at radius 2 is 1.69 bits per heavy atom. The molecule has 156 valence electrons. The van der Waals surface area contributed by atoms with E-state index in [2.05, 4.69) is 21.7 Å². The van der Waals surface area contributed by atoms with Crippen LogP contribution in [0.4, 0.5) is 0 Å².